The van der Waals surface area contributed by atoms with Crippen molar-refractivity contribution in [3.8, 4) is 0 Å². The smallest absolute Gasteiger partial charge is 0.394 e. The second-order valence-electron chi connectivity index (χ2n) is 27.4. The summed E-state index contributed by atoms with van der Waals surface area (Å²) in [6.45, 7) is -1.25. The average molecular weight is 1520 g/mol. The lowest BCUT2D eigenvalue weighted by Crippen LogP contribution is -2.71. The van der Waals surface area contributed by atoms with Crippen molar-refractivity contribution < 1.29 is 166 Å². The van der Waals surface area contributed by atoms with Gasteiger partial charge in [-0.3, -0.25) is 19.2 Å². The number of aliphatic hydroxyl groups is 16. The molecule has 5 aliphatic rings. The lowest BCUT2D eigenvalue weighted by molar-refractivity contribution is -0.400. The maximum absolute atomic E-state index is 15.3. The number of benzene rings is 1. The van der Waals surface area contributed by atoms with Gasteiger partial charge in [0.2, 0.25) is 23.5 Å². The Bertz CT molecular complexity index is 2830. The molecule has 5 aliphatic heterocycles. The molecule has 19 N–H and O–H groups in total. The summed E-state index contributed by atoms with van der Waals surface area (Å²) in [6.07, 6.45) is -38.8. The van der Waals surface area contributed by atoms with Crippen molar-refractivity contribution in [1.29, 1.82) is 0 Å². The number of aliphatic hydroxyl groups excluding tert-OH is 16. The molecule has 1 aromatic rings. The van der Waals surface area contributed by atoms with Crippen molar-refractivity contribution in [3.05, 3.63) is 40.7 Å². The Balaban J connectivity index is 1.27. The van der Waals surface area contributed by atoms with Gasteiger partial charge < -0.3 is 145 Å². The molecule has 6 rings (SSSR count). The van der Waals surface area contributed by atoms with Crippen LogP contribution in [0.3, 0.4) is 0 Å². The number of halogens is 4. The van der Waals surface area contributed by atoms with E-state index in [9.17, 15) is 114 Å². The quantitative estimate of drug-likeness (QED) is 0.0176. The summed E-state index contributed by atoms with van der Waals surface area (Å²) in [7, 11) is 0. The summed E-state index contributed by atoms with van der Waals surface area (Å²) in [5.74, 6) is -6.48. The highest BCUT2D eigenvalue weighted by atomic mass is 19.4. The monoisotopic (exact) mass is 1520 g/mol. The Labute approximate surface area is 604 Å². The Kier molecular flexibility index (Phi) is 36.5. The molecule has 0 radical (unpaired) electrons. The van der Waals surface area contributed by atoms with Gasteiger partial charge in [0.25, 0.3) is 0 Å². The minimum atomic E-state index is -4.89. The molecule has 5 fully saturated rings. The number of aryl methyl sites for hydroxylation is 1. The molecule has 14 unspecified atom stereocenters. The van der Waals surface area contributed by atoms with E-state index in [4.69, 9.17) is 47.4 Å². The van der Waals surface area contributed by atoms with E-state index in [1.54, 1.807) is 0 Å². The Morgan fingerprint density at radius 1 is 0.610 bits per heavy atom. The number of hydrogen-bond donors (Lipinski definition) is 19. The molecule has 0 aliphatic carbocycles. The van der Waals surface area contributed by atoms with E-state index in [1.807, 2.05) is 0 Å². The van der Waals surface area contributed by atoms with Gasteiger partial charge in [-0.25, -0.2) is 4.39 Å². The lowest BCUT2D eigenvalue weighted by atomic mass is 9.88. The first-order valence-electron chi connectivity index (χ1n) is 35.8. The number of hydrogen-bond acceptors (Lipinski definition) is 30. The van der Waals surface area contributed by atoms with Crippen LogP contribution in [0.1, 0.15) is 147 Å². The summed E-state index contributed by atoms with van der Waals surface area (Å²) in [5.41, 5.74) is -2.16. The molecule has 604 valence electrons. The summed E-state index contributed by atoms with van der Waals surface area (Å²) < 4.78 is 117. The number of carbonyl (C=O) groups is 4. The molecule has 37 heteroatoms. The largest absolute Gasteiger partial charge is 0.416 e. The minimum absolute atomic E-state index is 0.0721. The molecule has 5 saturated heterocycles. The Hall–Kier alpha value is -4.28. The minimum Gasteiger partial charge on any atom is -0.394 e. The molecule has 3 amide bonds. The first-order valence-corrected chi connectivity index (χ1v) is 35.8. The molecule has 0 bridgehead atoms. The van der Waals surface area contributed by atoms with Crippen molar-refractivity contribution in [1.82, 2.24) is 16.0 Å². The zero-order chi connectivity index (χ0) is 77.6. The summed E-state index contributed by atoms with van der Waals surface area (Å²) in [6, 6.07) is -4.05. The van der Waals surface area contributed by atoms with Crippen LogP contribution < -0.4 is 16.0 Å². The molecular weight excluding hydrogens is 1410 g/mol. The highest BCUT2D eigenvalue weighted by Gasteiger charge is 2.60. The Morgan fingerprint density at radius 2 is 1.10 bits per heavy atom. The van der Waals surface area contributed by atoms with Crippen LogP contribution in [0, 0.1) is 12.7 Å². The number of aldehydes is 1. The van der Waals surface area contributed by atoms with Crippen LogP contribution in [0.2, 0.25) is 0 Å². The van der Waals surface area contributed by atoms with E-state index < -0.39 is 258 Å². The zero-order valence-electron chi connectivity index (χ0n) is 59.1. The third-order valence-electron chi connectivity index (χ3n) is 19.3. The Morgan fingerprint density at radius 3 is 1.66 bits per heavy atom. The molecular formula is C68H109F4N3O30. The van der Waals surface area contributed by atoms with Gasteiger partial charge >= 0.3 is 6.18 Å². The number of nitrogens with one attached hydrogen (secondary N) is 3. The van der Waals surface area contributed by atoms with Gasteiger partial charge in [0.05, 0.1) is 69.5 Å². The SMILES string of the molecule is CCCCCCCCCCCCCCCCCC(=O)N[C@@H](CO[C@@H]1OC(CO)[C@@H](O[C@@H]2OC(CO)[C@H](O[C@@H]3OC(CO)[C@H](O)C(O[C@@H]4OC(CO)[C@H](O)C(O)C4O)C3NC(C)=O)C(O[C@]3(C=O)CC(O)[C@@H](NC(C)=O)C([C@H](O)[C@H](O)CO)O3)C2O)C(O)C1O)[C@H](O)/C=C/c1cc(C(F)(F)F)cc(C)c1F. The van der Waals surface area contributed by atoms with E-state index in [0.717, 1.165) is 65.0 Å². The highest BCUT2D eigenvalue weighted by Crippen LogP contribution is 2.41. The summed E-state index contributed by atoms with van der Waals surface area (Å²) >= 11 is 0. The first kappa shape index (κ1) is 89.6. The topological polar surface area (TPSA) is 520 Å². The predicted octanol–water partition coefficient (Wildman–Crippen LogP) is -3.01. The van der Waals surface area contributed by atoms with Gasteiger partial charge in [0.15, 0.2) is 31.4 Å². The molecule has 33 nitrogen and oxygen atoms in total. The first-order chi connectivity index (χ1) is 49.8. The van der Waals surface area contributed by atoms with Crippen LogP contribution in [-0.2, 0) is 72.7 Å². The second kappa shape index (κ2) is 42.8. The fraction of sp³-hybridized carbons (Fsp3) is 0.824. The van der Waals surface area contributed by atoms with E-state index >= 15 is 4.39 Å². The van der Waals surface area contributed by atoms with Gasteiger partial charge in [-0.1, -0.05) is 109 Å². The standard InChI is InChI=1S/C68H109F4N3O30/c1-5-6-7-8-9-10-11-12-13-14-15-16-17-18-19-20-46(87)75-38(39(84)22-21-36-24-37(68(70,71)72)23-33(2)47(36)69)31-96-64-56(94)54(92)58(44(29-79)99-64)101-66-57(95)62(105-67(32-81)25-40(85)48(73-34(3)82)61(104-67)50(88)41(86)26-76)59(45(30-80)100-66)102-63-49(74-35(4)83)60(52(90)43(28-78)97-63)103-65-55(93)53(91)51(89)42(27-77)98-65/h21-24,32,38-45,48-66,76-80,84-86,88-95H,5-20,25-31H2,1-4H3,(H,73,82)(H,74,83)(H,75,87)/b22-21+/t38-,39+,40?,41+,42?,43?,44?,45?,48+,49?,50+,51-,52-,53?,54?,55?,56?,57?,58+,59-,60?,61?,62?,63-,64+,65-,66-,67-/m0/s1. The number of rotatable bonds is 41. The van der Waals surface area contributed by atoms with Crippen molar-refractivity contribution in [3.63, 3.8) is 0 Å². The number of carbonyl (C=O) groups excluding carboxylic acids is 4. The third-order valence-corrected chi connectivity index (χ3v) is 19.3. The van der Waals surface area contributed by atoms with Crippen LogP contribution in [-0.4, -0.2) is 317 Å². The van der Waals surface area contributed by atoms with Crippen LogP contribution >= 0.6 is 0 Å². The number of alkyl halides is 3. The normalized spacial score (nSPS) is 35.2. The molecule has 1 aromatic carbocycles. The maximum Gasteiger partial charge on any atom is 0.416 e. The highest BCUT2D eigenvalue weighted by molar-refractivity contribution is 5.76. The molecule has 0 saturated carbocycles. The second-order valence-corrected chi connectivity index (χ2v) is 27.4. The van der Waals surface area contributed by atoms with E-state index in [1.165, 1.54) is 51.4 Å². The third kappa shape index (κ3) is 24.6. The fourth-order valence-electron chi connectivity index (χ4n) is 13.4. The lowest BCUT2D eigenvalue weighted by Gasteiger charge is -2.52. The van der Waals surface area contributed by atoms with E-state index in [2.05, 4.69) is 22.9 Å². The summed E-state index contributed by atoms with van der Waals surface area (Å²) in [4.78, 5) is 52.6. The number of ether oxygens (including phenoxy) is 10. The van der Waals surface area contributed by atoms with E-state index in [0.29, 0.717) is 25.0 Å². The van der Waals surface area contributed by atoms with Gasteiger partial charge in [-0.15, -0.1) is 0 Å². The van der Waals surface area contributed by atoms with Gasteiger partial charge in [-0.2, -0.15) is 13.2 Å². The van der Waals surface area contributed by atoms with Crippen molar-refractivity contribution in [2.24, 2.45) is 0 Å². The van der Waals surface area contributed by atoms with Gasteiger partial charge in [0, 0.05) is 32.3 Å². The molecule has 0 aromatic heterocycles. The van der Waals surface area contributed by atoms with Gasteiger partial charge in [0.1, 0.15) is 122 Å². The summed E-state index contributed by atoms with van der Waals surface area (Å²) in [5, 5.41) is 185. The van der Waals surface area contributed by atoms with E-state index in [-0.39, 0.29) is 18.3 Å². The molecule has 28 atom stereocenters. The predicted molar refractivity (Wildman–Crippen MR) is 352 cm³/mol. The van der Waals surface area contributed by atoms with Crippen LogP contribution in [0.15, 0.2) is 18.2 Å². The fourth-order valence-corrected chi connectivity index (χ4v) is 13.4. The molecule has 5 heterocycles. The molecule has 0 spiro atoms. The van der Waals surface area contributed by atoms with Gasteiger partial charge in [-0.05, 0) is 31.0 Å². The molecule has 105 heavy (non-hydrogen) atoms. The van der Waals surface area contributed by atoms with Crippen LogP contribution in [0.5, 0.6) is 0 Å². The van der Waals surface area contributed by atoms with Crippen molar-refractivity contribution in [2.75, 3.05) is 39.6 Å². The van der Waals surface area contributed by atoms with Crippen LogP contribution in [0.25, 0.3) is 6.08 Å². The van der Waals surface area contributed by atoms with Crippen molar-refractivity contribution in [2.45, 2.75) is 314 Å². The van der Waals surface area contributed by atoms with Crippen LogP contribution in [0.4, 0.5) is 17.6 Å². The maximum atomic E-state index is 15.3. The average Bonchev–Trinajstić information content (AvgIpc) is 0.751. The number of amides is 3. The zero-order valence-corrected chi connectivity index (χ0v) is 59.1. The number of unbranched alkanes of at least 4 members (excludes halogenated alkanes) is 14. The van der Waals surface area contributed by atoms with Crippen molar-refractivity contribution >= 4 is 30.1 Å².